The van der Waals surface area contributed by atoms with Crippen LogP contribution in [0.4, 0.5) is 0 Å². The van der Waals surface area contributed by atoms with Crippen molar-refractivity contribution in [2.75, 3.05) is 13.1 Å². The minimum atomic E-state index is -0.485. The predicted octanol–water partition coefficient (Wildman–Crippen LogP) is 2.80. The zero-order chi connectivity index (χ0) is 11.3. The van der Waals surface area contributed by atoms with Crippen LogP contribution in [0.3, 0.4) is 0 Å². The number of hydrogen-bond donors (Lipinski definition) is 1. The topological polar surface area (TPSA) is 23.5 Å². The summed E-state index contributed by atoms with van der Waals surface area (Å²) < 4.78 is 0. The number of rotatable bonds is 5. The second-order valence-electron chi connectivity index (χ2n) is 5.65. The lowest BCUT2D eigenvalue weighted by Gasteiger charge is -2.32. The number of hydrogen-bond acceptors (Lipinski definition) is 2. The van der Waals surface area contributed by atoms with Gasteiger partial charge in [-0.15, -0.1) is 0 Å². The first-order valence-corrected chi connectivity index (χ1v) is 6.45. The number of likely N-dealkylation sites (tertiary alicyclic amines) is 1. The normalized spacial score (nSPS) is 21.6. The molecule has 0 amide bonds. The molecule has 0 aromatic heterocycles. The Hall–Kier alpha value is -0.0800. The van der Waals surface area contributed by atoms with Gasteiger partial charge in [0.25, 0.3) is 0 Å². The first-order valence-electron chi connectivity index (χ1n) is 6.45. The maximum atomic E-state index is 9.63. The van der Waals surface area contributed by atoms with E-state index in [1.165, 1.54) is 38.8 Å². The standard InChI is InChI=1S/C13H27NO/c1-12(8-7-9-13(2,3)15)14-10-5-4-6-11-14/h12,15H,4-11H2,1-3H3. The summed E-state index contributed by atoms with van der Waals surface area (Å²) in [5, 5.41) is 9.63. The molecule has 1 aliphatic heterocycles. The van der Waals surface area contributed by atoms with Gasteiger partial charge in [-0.25, -0.2) is 0 Å². The lowest BCUT2D eigenvalue weighted by Crippen LogP contribution is -2.37. The van der Waals surface area contributed by atoms with Crippen molar-refractivity contribution < 1.29 is 5.11 Å². The molecule has 1 unspecified atom stereocenters. The van der Waals surface area contributed by atoms with Gasteiger partial charge in [0.15, 0.2) is 0 Å². The molecular weight excluding hydrogens is 186 g/mol. The molecule has 0 spiro atoms. The molecule has 15 heavy (non-hydrogen) atoms. The molecule has 1 aliphatic rings. The van der Waals surface area contributed by atoms with E-state index < -0.39 is 5.60 Å². The molecule has 1 heterocycles. The van der Waals surface area contributed by atoms with E-state index in [2.05, 4.69) is 11.8 Å². The van der Waals surface area contributed by atoms with Crippen LogP contribution >= 0.6 is 0 Å². The highest BCUT2D eigenvalue weighted by Crippen LogP contribution is 2.18. The van der Waals surface area contributed by atoms with Gasteiger partial charge in [0.2, 0.25) is 0 Å². The molecule has 0 radical (unpaired) electrons. The summed E-state index contributed by atoms with van der Waals surface area (Å²) in [4.78, 5) is 2.61. The minimum Gasteiger partial charge on any atom is -0.390 e. The van der Waals surface area contributed by atoms with Gasteiger partial charge >= 0.3 is 0 Å². The summed E-state index contributed by atoms with van der Waals surface area (Å²) in [6.45, 7) is 8.69. The zero-order valence-electron chi connectivity index (χ0n) is 10.6. The Kier molecular flexibility index (Phi) is 5.07. The third kappa shape index (κ3) is 5.53. The Labute approximate surface area is 94.7 Å². The quantitative estimate of drug-likeness (QED) is 0.759. The van der Waals surface area contributed by atoms with Crippen molar-refractivity contribution in [2.24, 2.45) is 0 Å². The molecule has 0 aliphatic carbocycles. The Balaban J connectivity index is 2.14. The van der Waals surface area contributed by atoms with Crippen molar-refractivity contribution in [1.29, 1.82) is 0 Å². The van der Waals surface area contributed by atoms with E-state index in [0.717, 1.165) is 12.8 Å². The van der Waals surface area contributed by atoms with Crippen LogP contribution in [0.5, 0.6) is 0 Å². The van der Waals surface area contributed by atoms with Crippen molar-refractivity contribution in [3.63, 3.8) is 0 Å². The van der Waals surface area contributed by atoms with Gasteiger partial charge in [-0.05, 0) is 66.0 Å². The Morgan fingerprint density at radius 3 is 2.33 bits per heavy atom. The molecule has 0 aromatic carbocycles. The van der Waals surface area contributed by atoms with E-state index in [4.69, 9.17) is 0 Å². The average molecular weight is 213 g/mol. The molecule has 1 rings (SSSR count). The number of aliphatic hydroxyl groups is 1. The smallest absolute Gasteiger partial charge is 0.0591 e. The van der Waals surface area contributed by atoms with Crippen LogP contribution in [-0.2, 0) is 0 Å². The summed E-state index contributed by atoms with van der Waals surface area (Å²) in [5.41, 5.74) is -0.485. The SMILES string of the molecule is CC(CCCC(C)(C)O)N1CCCCC1. The monoisotopic (exact) mass is 213 g/mol. The predicted molar refractivity (Wildman–Crippen MR) is 65.0 cm³/mol. The second-order valence-corrected chi connectivity index (χ2v) is 5.65. The van der Waals surface area contributed by atoms with E-state index in [-0.39, 0.29) is 0 Å². The maximum Gasteiger partial charge on any atom is 0.0591 e. The fourth-order valence-corrected chi connectivity index (χ4v) is 2.37. The van der Waals surface area contributed by atoms with Crippen molar-refractivity contribution in [3.05, 3.63) is 0 Å². The van der Waals surface area contributed by atoms with Crippen LogP contribution in [0.2, 0.25) is 0 Å². The van der Waals surface area contributed by atoms with E-state index in [1.807, 2.05) is 13.8 Å². The van der Waals surface area contributed by atoms with Crippen LogP contribution < -0.4 is 0 Å². The Morgan fingerprint density at radius 1 is 1.20 bits per heavy atom. The minimum absolute atomic E-state index is 0.485. The molecule has 1 N–H and O–H groups in total. The highest BCUT2D eigenvalue weighted by Gasteiger charge is 2.18. The van der Waals surface area contributed by atoms with Gasteiger partial charge in [0.05, 0.1) is 5.60 Å². The molecule has 1 fully saturated rings. The summed E-state index contributed by atoms with van der Waals surface area (Å²) in [6, 6.07) is 0.702. The lowest BCUT2D eigenvalue weighted by molar-refractivity contribution is 0.0642. The van der Waals surface area contributed by atoms with Gasteiger partial charge in [-0.1, -0.05) is 6.42 Å². The first kappa shape index (κ1) is 13.0. The molecule has 1 saturated heterocycles. The fraction of sp³-hybridized carbons (Fsp3) is 1.00. The maximum absolute atomic E-state index is 9.63. The summed E-state index contributed by atoms with van der Waals surface area (Å²) in [7, 11) is 0. The summed E-state index contributed by atoms with van der Waals surface area (Å²) in [6.07, 6.45) is 7.44. The Morgan fingerprint density at radius 2 is 1.80 bits per heavy atom. The molecule has 0 aromatic rings. The summed E-state index contributed by atoms with van der Waals surface area (Å²) >= 11 is 0. The van der Waals surface area contributed by atoms with E-state index in [0.29, 0.717) is 6.04 Å². The van der Waals surface area contributed by atoms with Gasteiger partial charge in [0, 0.05) is 6.04 Å². The van der Waals surface area contributed by atoms with E-state index in [1.54, 1.807) is 0 Å². The Bertz CT molecular complexity index is 168. The molecule has 1 atom stereocenters. The second kappa shape index (κ2) is 5.86. The molecule has 90 valence electrons. The van der Waals surface area contributed by atoms with Crippen molar-refractivity contribution in [2.45, 2.75) is 70.9 Å². The molecule has 2 nitrogen and oxygen atoms in total. The zero-order valence-corrected chi connectivity index (χ0v) is 10.6. The van der Waals surface area contributed by atoms with Gasteiger partial charge in [-0.2, -0.15) is 0 Å². The van der Waals surface area contributed by atoms with Crippen molar-refractivity contribution in [3.8, 4) is 0 Å². The van der Waals surface area contributed by atoms with Gasteiger partial charge in [-0.3, -0.25) is 0 Å². The number of piperidine rings is 1. The highest BCUT2D eigenvalue weighted by molar-refractivity contribution is 4.73. The van der Waals surface area contributed by atoms with E-state index in [9.17, 15) is 5.11 Å². The third-order valence-corrected chi connectivity index (χ3v) is 3.42. The van der Waals surface area contributed by atoms with Crippen molar-refractivity contribution in [1.82, 2.24) is 4.90 Å². The average Bonchev–Trinajstić information content (AvgIpc) is 2.17. The molecule has 0 bridgehead atoms. The molecular formula is C13H27NO. The van der Waals surface area contributed by atoms with Crippen LogP contribution in [-0.4, -0.2) is 34.7 Å². The van der Waals surface area contributed by atoms with Crippen LogP contribution in [0, 0.1) is 0 Å². The van der Waals surface area contributed by atoms with Gasteiger partial charge < -0.3 is 10.0 Å². The first-order chi connectivity index (χ1) is 6.99. The van der Waals surface area contributed by atoms with E-state index >= 15 is 0 Å². The van der Waals surface area contributed by atoms with Crippen molar-refractivity contribution >= 4 is 0 Å². The van der Waals surface area contributed by atoms with Crippen LogP contribution in [0.15, 0.2) is 0 Å². The largest absolute Gasteiger partial charge is 0.390 e. The third-order valence-electron chi connectivity index (χ3n) is 3.42. The van der Waals surface area contributed by atoms with Crippen LogP contribution in [0.25, 0.3) is 0 Å². The number of nitrogens with zero attached hydrogens (tertiary/aromatic N) is 1. The lowest BCUT2D eigenvalue weighted by atomic mass is 9.98. The molecule has 2 heteroatoms. The van der Waals surface area contributed by atoms with Crippen LogP contribution in [0.1, 0.15) is 59.3 Å². The molecule has 0 saturated carbocycles. The fourth-order valence-electron chi connectivity index (χ4n) is 2.37. The van der Waals surface area contributed by atoms with Gasteiger partial charge in [0.1, 0.15) is 0 Å². The summed E-state index contributed by atoms with van der Waals surface area (Å²) in [5.74, 6) is 0. The highest BCUT2D eigenvalue weighted by atomic mass is 16.3.